The third-order valence-corrected chi connectivity index (χ3v) is 1.51. The van der Waals surface area contributed by atoms with E-state index in [4.69, 9.17) is 0 Å². The Hall–Kier alpha value is -1.59. The molecule has 0 aliphatic carbocycles. The third-order valence-electron chi connectivity index (χ3n) is 1.51. The summed E-state index contributed by atoms with van der Waals surface area (Å²) in [6, 6.07) is 0.647. The van der Waals surface area contributed by atoms with Crippen LogP contribution in [-0.4, -0.2) is 4.92 Å². The molecule has 1 aromatic rings. The maximum Gasteiger partial charge on any atom is 0.308 e. The van der Waals surface area contributed by atoms with Gasteiger partial charge < -0.3 is 0 Å². The van der Waals surface area contributed by atoms with Crippen molar-refractivity contribution in [3.05, 3.63) is 39.2 Å². The van der Waals surface area contributed by atoms with Crippen molar-refractivity contribution in [2.24, 2.45) is 0 Å². The molecular weight excluding hydrogens is 187 g/mol. The van der Waals surface area contributed by atoms with Crippen LogP contribution in [0.2, 0.25) is 0 Å². The minimum absolute atomic E-state index is 0.300. The topological polar surface area (TPSA) is 43.1 Å². The maximum atomic E-state index is 12.6. The second-order valence-electron chi connectivity index (χ2n) is 2.41. The maximum absolute atomic E-state index is 12.6. The highest BCUT2D eigenvalue weighted by molar-refractivity contribution is 5.37. The summed E-state index contributed by atoms with van der Waals surface area (Å²) in [6.07, 6.45) is 0. The number of benzene rings is 1. The molecule has 0 saturated heterocycles. The largest absolute Gasteiger partial charge is 0.308 e. The molecule has 0 fully saturated rings. The van der Waals surface area contributed by atoms with E-state index in [-0.39, 0.29) is 5.56 Å². The molecule has 0 aliphatic rings. The van der Waals surface area contributed by atoms with E-state index in [1.165, 1.54) is 0 Å². The zero-order valence-electron chi connectivity index (χ0n) is 6.47. The van der Waals surface area contributed by atoms with Crippen LogP contribution >= 0.6 is 0 Å². The average molecular weight is 191 g/mol. The first kappa shape index (κ1) is 9.50. The zero-order chi connectivity index (χ0) is 10.2. The van der Waals surface area contributed by atoms with E-state index in [1.54, 1.807) is 0 Å². The third kappa shape index (κ3) is 1.47. The molecule has 0 radical (unpaired) electrons. The summed E-state index contributed by atoms with van der Waals surface area (Å²) in [4.78, 5) is 9.01. The highest BCUT2D eigenvalue weighted by Crippen LogP contribution is 2.24. The van der Waals surface area contributed by atoms with E-state index in [0.717, 1.165) is 6.92 Å². The normalized spacial score (nSPS) is 10.2. The summed E-state index contributed by atoms with van der Waals surface area (Å²) >= 11 is 0. The Bertz CT molecular complexity index is 378. The molecule has 0 saturated carbocycles. The Labute approximate surface area is 70.9 Å². The number of halogens is 3. The molecule has 0 N–H and O–H groups in total. The fourth-order valence-corrected chi connectivity index (χ4v) is 0.847. The van der Waals surface area contributed by atoms with Crippen molar-refractivity contribution < 1.29 is 18.1 Å². The first-order valence-electron chi connectivity index (χ1n) is 3.23. The molecule has 0 spiro atoms. The predicted molar refractivity (Wildman–Crippen MR) is 37.7 cm³/mol. The molecule has 0 aromatic heterocycles. The standard InChI is InChI=1S/C7H4F3NO2/c1-3-2-4(11(12)13)6(9)7(10)5(3)8/h2H,1H3. The number of hydrogen-bond donors (Lipinski definition) is 0. The lowest BCUT2D eigenvalue weighted by Gasteiger charge is -1.99. The molecule has 0 unspecified atom stereocenters. The summed E-state index contributed by atoms with van der Waals surface area (Å²) in [7, 11) is 0. The van der Waals surface area contributed by atoms with Crippen molar-refractivity contribution in [2.75, 3.05) is 0 Å². The molecule has 6 heteroatoms. The smallest absolute Gasteiger partial charge is 0.258 e. The van der Waals surface area contributed by atoms with Crippen molar-refractivity contribution in [1.82, 2.24) is 0 Å². The number of aryl methyl sites for hydroxylation is 1. The van der Waals surface area contributed by atoms with Crippen molar-refractivity contribution in [3.63, 3.8) is 0 Å². The van der Waals surface area contributed by atoms with Gasteiger partial charge in [-0.1, -0.05) is 0 Å². The Morgan fingerprint density at radius 3 is 2.23 bits per heavy atom. The van der Waals surface area contributed by atoms with Crippen LogP contribution < -0.4 is 0 Å². The number of nitrogens with zero attached hydrogens (tertiary/aromatic N) is 1. The Morgan fingerprint density at radius 2 is 1.77 bits per heavy atom. The van der Waals surface area contributed by atoms with E-state index < -0.39 is 28.1 Å². The van der Waals surface area contributed by atoms with Gasteiger partial charge >= 0.3 is 5.69 Å². The Balaban J connectivity index is 3.50. The summed E-state index contributed by atoms with van der Waals surface area (Å²) < 4.78 is 37.8. The number of nitro groups is 1. The first-order valence-corrected chi connectivity index (χ1v) is 3.23. The monoisotopic (exact) mass is 191 g/mol. The number of nitro benzene ring substituents is 1. The van der Waals surface area contributed by atoms with E-state index in [2.05, 4.69) is 0 Å². The van der Waals surface area contributed by atoms with Crippen molar-refractivity contribution in [1.29, 1.82) is 0 Å². The predicted octanol–water partition coefficient (Wildman–Crippen LogP) is 2.32. The van der Waals surface area contributed by atoms with Gasteiger partial charge in [0.15, 0.2) is 5.82 Å². The van der Waals surface area contributed by atoms with Gasteiger partial charge in [0.25, 0.3) is 0 Å². The number of hydrogen-bond acceptors (Lipinski definition) is 2. The second kappa shape index (κ2) is 3.04. The Kier molecular flexibility index (Phi) is 2.22. The molecule has 3 nitrogen and oxygen atoms in total. The van der Waals surface area contributed by atoms with E-state index in [9.17, 15) is 23.3 Å². The fraction of sp³-hybridized carbons (Fsp3) is 0.143. The van der Waals surface area contributed by atoms with Gasteiger partial charge in [-0.05, 0) is 12.5 Å². The van der Waals surface area contributed by atoms with Gasteiger partial charge in [-0.2, -0.15) is 4.39 Å². The molecule has 0 bridgehead atoms. The van der Waals surface area contributed by atoms with Crippen molar-refractivity contribution in [3.8, 4) is 0 Å². The van der Waals surface area contributed by atoms with Crippen LogP contribution in [0.1, 0.15) is 5.56 Å². The van der Waals surface area contributed by atoms with E-state index in [0.29, 0.717) is 6.07 Å². The van der Waals surface area contributed by atoms with Crippen LogP contribution in [0.15, 0.2) is 6.07 Å². The lowest BCUT2D eigenvalue weighted by molar-refractivity contribution is -0.387. The Morgan fingerprint density at radius 1 is 1.23 bits per heavy atom. The highest BCUT2D eigenvalue weighted by atomic mass is 19.2. The lowest BCUT2D eigenvalue weighted by atomic mass is 10.2. The van der Waals surface area contributed by atoms with Crippen molar-refractivity contribution >= 4 is 5.69 Å². The van der Waals surface area contributed by atoms with Crippen molar-refractivity contribution in [2.45, 2.75) is 6.92 Å². The molecule has 1 rings (SSSR count). The van der Waals surface area contributed by atoms with E-state index >= 15 is 0 Å². The van der Waals surface area contributed by atoms with Crippen LogP contribution in [0.25, 0.3) is 0 Å². The minimum Gasteiger partial charge on any atom is -0.258 e. The average Bonchev–Trinajstić information content (AvgIpc) is 2.07. The van der Waals surface area contributed by atoms with Crippen LogP contribution in [0, 0.1) is 34.5 Å². The molecule has 0 amide bonds. The van der Waals surface area contributed by atoms with Crippen LogP contribution in [0.5, 0.6) is 0 Å². The summed E-state index contributed by atoms with van der Waals surface area (Å²) in [6.45, 7) is 1.12. The van der Waals surface area contributed by atoms with Gasteiger partial charge in [-0.15, -0.1) is 0 Å². The zero-order valence-corrected chi connectivity index (χ0v) is 6.47. The minimum atomic E-state index is -1.81. The molecule has 0 heterocycles. The summed E-state index contributed by atoms with van der Waals surface area (Å²) in [5.74, 6) is -4.98. The van der Waals surface area contributed by atoms with Gasteiger partial charge in [0, 0.05) is 6.07 Å². The van der Waals surface area contributed by atoms with Gasteiger partial charge in [-0.3, -0.25) is 10.1 Å². The van der Waals surface area contributed by atoms with E-state index in [1.807, 2.05) is 0 Å². The molecule has 0 aliphatic heterocycles. The summed E-state index contributed by atoms with van der Waals surface area (Å²) in [5, 5.41) is 10.1. The quantitative estimate of drug-likeness (QED) is 0.388. The fourth-order valence-electron chi connectivity index (χ4n) is 0.847. The second-order valence-corrected chi connectivity index (χ2v) is 2.41. The van der Waals surface area contributed by atoms with Gasteiger partial charge in [0.2, 0.25) is 11.6 Å². The molecule has 70 valence electrons. The lowest BCUT2D eigenvalue weighted by Crippen LogP contribution is -2.00. The SMILES string of the molecule is Cc1cc([N+](=O)[O-])c(F)c(F)c1F. The van der Waals surface area contributed by atoms with Crippen LogP contribution in [0.4, 0.5) is 18.9 Å². The van der Waals surface area contributed by atoms with Crippen LogP contribution in [-0.2, 0) is 0 Å². The van der Waals surface area contributed by atoms with Gasteiger partial charge in [0.05, 0.1) is 4.92 Å². The molecular formula is C7H4F3NO2. The molecule has 13 heavy (non-hydrogen) atoms. The molecule has 0 atom stereocenters. The molecule has 1 aromatic carbocycles. The van der Waals surface area contributed by atoms with Crippen LogP contribution in [0.3, 0.4) is 0 Å². The highest BCUT2D eigenvalue weighted by Gasteiger charge is 2.23. The van der Waals surface area contributed by atoms with Gasteiger partial charge in [-0.25, -0.2) is 8.78 Å². The van der Waals surface area contributed by atoms with Gasteiger partial charge in [0.1, 0.15) is 0 Å². The summed E-state index contributed by atoms with van der Waals surface area (Å²) in [5.41, 5.74) is -1.36. The first-order chi connectivity index (χ1) is 5.95. The number of rotatable bonds is 1.